The number of anilines is 2. The van der Waals surface area contributed by atoms with Crippen molar-refractivity contribution in [1.82, 2.24) is 15.0 Å². The molecule has 0 saturated carbocycles. The van der Waals surface area contributed by atoms with Crippen LogP contribution in [-0.4, -0.2) is 26.8 Å². The molecule has 1 aromatic heterocycles. The molecule has 2 amide bonds. The van der Waals surface area contributed by atoms with Crippen molar-refractivity contribution in [3.63, 3.8) is 0 Å². The van der Waals surface area contributed by atoms with Crippen molar-refractivity contribution in [2.24, 2.45) is 0 Å². The summed E-state index contributed by atoms with van der Waals surface area (Å²) in [4.78, 5) is 25.1. The fraction of sp³-hybridized carbons (Fsp3) is 0.273. The lowest BCUT2D eigenvalue weighted by Crippen LogP contribution is -2.21. The number of nitrogens with zero attached hydrogens (tertiary/aromatic N) is 3. The highest BCUT2D eigenvalue weighted by atomic mass is 16.2. The molecule has 0 saturated heterocycles. The van der Waals surface area contributed by atoms with Gasteiger partial charge in [0.1, 0.15) is 6.54 Å². The molecule has 0 fully saturated rings. The van der Waals surface area contributed by atoms with Crippen LogP contribution in [0.15, 0.2) is 36.4 Å². The maximum atomic E-state index is 12.6. The lowest BCUT2D eigenvalue weighted by molar-refractivity contribution is -0.117. The zero-order valence-electron chi connectivity index (χ0n) is 17.3. The maximum absolute atomic E-state index is 12.6. The minimum atomic E-state index is -0.350. The molecule has 0 atom stereocenters. The molecule has 3 rings (SSSR count). The van der Waals surface area contributed by atoms with E-state index in [1.165, 1.54) is 4.68 Å². The highest BCUT2D eigenvalue weighted by Crippen LogP contribution is 2.18. The minimum Gasteiger partial charge on any atom is -0.324 e. The zero-order valence-corrected chi connectivity index (χ0v) is 17.3. The number of benzene rings is 2. The van der Waals surface area contributed by atoms with Gasteiger partial charge in [0.25, 0.3) is 5.91 Å². The van der Waals surface area contributed by atoms with E-state index in [1.54, 1.807) is 6.92 Å². The van der Waals surface area contributed by atoms with Crippen molar-refractivity contribution in [3.05, 3.63) is 70.0 Å². The molecule has 0 aliphatic heterocycles. The van der Waals surface area contributed by atoms with Gasteiger partial charge in [-0.2, -0.15) is 0 Å². The Balaban J connectivity index is 1.70. The fourth-order valence-corrected chi connectivity index (χ4v) is 3.05. The Kier molecular flexibility index (Phi) is 5.77. The summed E-state index contributed by atoms with van der Waals surface area (Å²) in [7, 11) is 0. The van der Waals surface area contributed by atoms with Gasteiger partial charge in [-0.05, 0) is 63.4 Å². The van der Waals surface area contributed by atoms with Gasteiger partial charge >= 0.3 is 0 Å². The molecule has 1 heterocycles. The highest BCUT2D eigenvalue weighted by molar-refractivity contribution is 6.04. The van der Waals surface area contributed by atoms with Crippen LogP contribution in [0.1, 0.15) is 38.4 Å². The zero-order chi connectivity index (χ0) is 21.1. The van der Waals surface area contributed by atoms with Crippen LogP contribution in [0.5, 0.6) is 0 Å². The largest absolute Gasteiger partial charge is 0.324 e. The molecule has 150 valence electrons. The standard InChI is InChI=1S/C22H25N5O2/c1-13-7-9-18(16(4)10-13)23-20(28)12-27-17(5)21(25-26-27)22(29)24-19-11-14(2)6-8-15(19)3/h6-11H,12H2,1-5H3,(H,23,28)(H,24,29). The monoisotopic (exact) mass is 391 g/mol. The van der Waals surface area contributed by atoms with Gasteiger partial charge in [-0.3, -0.25) is 9.59 Å². The maximum Gasteiger partial charge on any atom is 0.278 e. The third-order valence-electron chi connectivity index (χ3n) is 4.79. The molecule has 2 N–H and O–H groups in total. The summed E-state index contributed by atoms with van der Waals surface area (Å²) < 4.78 is 1.43. The summed E-state index contributed by atoms with van der Waals surface area (Å²) in [6.07, 6.45) is 0. The average molecular weight is 391 g/mol. The van der Waals surface area contributed by atoms with E-state index in [-0.39, 0.29) is 24.1 Å². The lowest BCUT2D eigenvalue weighted by atomic mass is 10.1. The number of rotatable bonds is 5. The quantitative estimate of drug-likeness (QED) is 0.694. The SMILES string of the molecule is Cc1ccc(NC(=O)Cn2nnc(C(=O)Nc3cc(C)ccc3C)c2C)c(C)c1. The second-order valence-electron chi connectivity index (χ2n) is 7.32. The van der Waals surface area contributed by atoms with Gasteiger partial charge in [0.15, 0.2) is 5.69 Å². The van der Waals surface area contributed by atoms with Gasteiger partial charge in [0.05, 0.1) is 5.69 Å². The third kappa shape index (κ3) is 4.68. The van der Waals surface area contributed by atoms with Crippen molar-refractivity contribution < 1.29 is 9.59 Å². The molecule has 0 radical (unpaired) electrons. The van der Waals surface area contributed by atoms with E-state index in [0.29, 0.717) is 5.69 Å². The van der Waals surface area contributed by atoms with Crippen molar-refractivity contribution in [2.45, 2.75) is 41.2 Å². The Labute approximate surface area is 170 Å². The fourth-order valence-electron chi connectivity index (χ4n) is 3.05. The van der Waals surface area contributed by atoms with E-state index in [1.807, 2.05) is 64.1 Å². The van der Waals surface area contributed by atoms with Crippen LogP contribution < -0.4 is 10.6 Å². The Hall–Kier alpha value is -3.48. The van der Waals surface area contributed by atoms with Crippen LogP contribution in [0.25, 0.3) is 0 Å². The summed E-state index contributed by atoms with van der Waals surface area (Å²) >= 11 is 0. The molecule has 7 heteroatoms. The van der Waals surface area contributed by atoms with Crippen LogP contribution in [0.4, 0.5) is 11.4 Å². The molecule has 3 aromatic rings. The summed E-state index contributed by atoms with van der Waals surface area (Å²) in [6, 6.07) is 11.7. The van der Waals surface area contributed by atoms with Crippen molar-refractivity contribution in [3.8, 4) is 0 Å². The highest BCUT2D eigenvalue weighted by Gasteiger charge is 2.19. The minimum absolute atomic E-state index is 0.0249. The van der Waals surface area contributed by atoms with Gasteiger partial charge < -0.3 is 10.6 Å². The number of aryl methyl sites for hydroxylation is 4. The molecular formula is C22H25N5O2. The number of hydrogen-bond donors (Lipinski definition) is 2. The second-order valence-corrected chi connectivity index (χ2v) is 7.32. The topological polar surface area (TPSA) is 88.9 Å². The number of carbonyl (C=O) groups is 2. The lowest BCUT2D eigenvalue weighted by Gasteiger charge is -2.10. The Morgan fingerprint density at radius 3 is 2.28 bits per heavy atom. The van der Waals surface area contributed by atoms with Crippen LogP contribution >= 0.6 is 0 Å². The molecule has 0 aliphatic rings. The Bertz CT molecular complexity index is 1080. The molecular weight excluding hydrogens is 366 g/mol. The normalized spacial score (nSPS) is 10.7. The summed E-state index contributed by atoms with van der Waals surface area (Å²) in [5, 5.41) is 13.7. The van der Waals surface area contributed by atoms with E-state index in [9.17, 15) is 9.59 Å². The summed E-state index contributed by atoms with van der Waals surface area (Å²) in [5.41, 5.74) is 6.35. The van der Waals surface area contributed by atoms with Crippen LogP contribution in [0, 0.1) is 34.6 Å². The number of hydrogen-bond acceptors (Lipinski definition) is 4. The average Bonchev–Trinajstić information content (AvgIpc) is 3.01. The van der Waals surface area contributed by atoms with E-state index >= 15 is 0 Å². The van der Waals surface area contributed by atoms with Gasteiger partial charge in [0, 0.05) is 11.4 Å². The van der Waals surface area contributed by atoms with Crippen molar-refractivity contribution >= 4 is 23.2 Å². The molecule has 7 nitrogen and oxygen atoms in total. The van der Waals surface area contributed by atoms with Crippen molar-refractivity contribution in [2.75, 3.05) is 10.6 Å². The Morgan fingerprint density at radius 2 is 1.55 bits per heavy atom. The third-order valence-corrected chi connectivity index (χ3v) is 4.79. The Morgan fingerprint density at radius 1 is 0.862 bits per heavy atom. The number of aromatic nitrogens is 3. The second kappa shape index (κ2) is 8.26. The first kappa shape index (κ1) is 20.3. The molecule has 29 heavy (non-hydrogen) atoms. The van der Waals surface area contributed by atoms with Gasteiger partial charge in [-0.25, -0.2) is 4.68 Å². The molecule has 0 unspecified atom stereocenters. The van der Waals surface area contributed by atoms with Crippen LogP contribution in [0.2, 0.25) is 0 Å². The number of amides is 2. The predicted molar refractivity (Wildman–Crippen MR) is 113 cm³/mol. The first-order chi connectivity index (χ1) is 13.7. The van der Waals surface area contributed by atoms with Gasteiger partial charge in [-0.1, -0.05) is 35.0 Å². The van der Waals surface area contributed by atoms with E-state index in [4.69, 9.17) is 0 Å². The van der Waals surface area contributed by atoms with Crippen LogP contribution in [-0.2, 0) is 11.3 Å². The van der Waals surface area contributed by atoms with Crippen LogP contribution in [0.3, 0.4) is 0 Å². The van der Waals surface area contributed by atoms with E-state index in [2.05, 4.69) is 20.9 Å². The van der Waals surface area contributed by atoms with Gasteiger partial charge in [0.2, 0.25) is 5.91 Å². The van der Waals surface area contributed by atoms with E-state index in [0.717, 1.165) is 33.6 Å². The first-order valence-corrected chi connectivity index (χ1v) is 9.40. The molecule has 0 spiro atoms. The first-order valence-electron chi connectivity index (χ1n) is 9.40. The number of carbonyl (C=O) groups excluding carboxylic acids is 2. The predicted octanol–water partition coefficient (Wildman–Crippen LogP) is 3.71. The summed E-state index contributed by atoms with van der Waals surface area (Å²) in [6.45, 7) is 9.54. The van der Waals surface area contributed by atoms with Crippen molar-refractivity contribution in [1.29, 1.82) is 0 Å². The molecule has 2 aromatic carbocycles. The smallest absolute Gasteiger partial charge is 0.278 e. The number of nitrogens with one attached hydrogen (secondary N) is 2. The van der Waals surface area contributed by atoms with Gasteiger partial charge in [-0.15, -0.1) is 5.10 Å². The molecule has 0 bridgehead atoms. The van der Waals surface area contributed by atoms with E-state index < -0.39 is 0 Å². The summed E-state index contributed by atoms with van der Waals surface area (Å²) in [5.74, 6) is -0.580. The molecule has 0 aliphatic carbocycles.